The third-order valence-electron chi connectivity index (χ3n) is 3.65. The maximum Gasteiger partial charge on any atom is 0.391 e. The van der Waals surface area contributed by atoms with Crippen LogP contribution in [0.15, 0.2) is 0 Å². The van der Waals surface area contributed by atoms with E-state index in [1.165, 1.54) is 7.11 Å². The first-order valence-corrected chi connectivity index (χ1v) is 5.65. The van der Waals surface area contributed by atoms with E-state index in [4.69, 9.17) is 0 Å². The van der Waals surface area contributed by atoms with Crippen molar-refractivity contribution in [2.24, 2.45) is 5.92 Å². The molecule has 0 saturated heterocycles. The number of carbonyl (C=O) groups excluding carboxylic acids is 1. The van der Waals surface area contributed by atoms with Crippen molar-refractivity contribution < 1.29 is 22.7 Å². The molecule has 0 aromatic heterocycles. The van der Waals surface area contributed by atoms with Crippen LogP contribution >= 0.6 is 0 Å². The molecule has 0 aromatic carbocycles. The van der Waals surface area contributed by atoms with Crippen LogP contribution in [0.3, 0.4) is 0 Å². The van der Waals surface area contributed by atoms with Crippen LogP contribution in [0, 0.1) is 5.92 Å². The van der Waals surface area contributed by atoms with E-state index in [-0.39, 0.29) is 25.2 Å². The van der Waals surface area contributed by atoms with Gasteiger partial charge in [0.15, 0.2) is 0 Å². The van der Waals surface area contributed by atoms with Crippen LogP contribution in [-0.4, -0.2) is 31.8 Å². The highest BCUT2D eigenvalue weighted by Gasteiger charge is 2.46. The molecular weight excluding hydrogens is 235 g/mol. The van der Waals surface area contributed by atoms with Gasteiger partial charge in [-0.05, 0) is 32.7 Å². The van der Waals surface area contributed by atoms with E-state index in [2.05, 4.69) is 10.1 Å². The second kappa shape index (κ2) is 5.25. The summed E-state index contributed by atoms with van der Waals surface area (Å²) in [4.78, 5) is 11.2. The zero-order valence-electron chi connectivity index (χ0n) is 10.1. The van der Waals surface area contributed by atoms with Gasteiger partial charge in [0, 0.05) is 5.54 Å². The van der Waals surface area contributed by atoms with Crippen LogP contribution in [0.5, 0.6) is 0 Å². The number of carbonyl (C=O) groups is 1. The van der Waals surface area contributed by atoms with Crippen molar-refractivity contribution in [3.05, 3.63) is 0 Å². The molecule has 1 aliphatic carbocycles. The first-order valence-electron chi connectivity index (χ1n) is 5.65. The third-order valence-corrected chi connectivity index (χ3v) is 3.65. The van der Waals surface area contributed by atoms with Gasteiger partial charge in [-0.1, -0.05) is 0 Å². The average Bonchev–Trinajstić information content (AvgIpc) is 2.28. The lowest BCUT2D eigenvalue weighted by Crippen LogP contribution is -2.49. The highest BCUT2D eigenvalue weighted by molar-refractivity contribution is 5.70. The Morgan fingerprint density at radius 2 is 1.94 bits per heavy atom. The fraction of sp³-hybridized carbons (Fsp3) is 0.909. The standard InChI is InChI=1S/C11H18F3NO2/c1-15-10(7-9(16)17-2)5-3-8(4-6-10)11(12,13)14/h8,15H,3-7H2,1-2H3. The van der Waals surface area contributed by atoms with Gasteiger partial charge in [-0.15, -0.1) is 0 Å². The topological polar surface area (TPSA) is 38.3 Å². The van der Waals surface area contributed by atoms with Crippen molar-refractivity contribution in [2.45, 2.75) is 43.8 Å². The Labute approximate surface area is 98.7 Å². The fourth-order valence-electron chi connectivity index (χ4n) is 2.36. The van der Waals surface area contributed by atoms with Crippen LogP contribution in [-0.2, 0) is 9.53 Å². The molecule has 0 radical (unpaired) electrons. The number of hydrogen-bond acceptors (Lipinski definition) is 3. The molecule has 0 bridgehead atoms. The summed E-state index contributed by atoms with van der Waals surface area (Å²) >= 11 is 0. The smallest absolute Gasteiger partial charge is 0.391 e. The van der Waals surface area contributed by atoms with Gasteiger partial charge in [0.1, 0.15) is 0 Å². The van der Waals surface area contributed by atoms with Gasteiger partial charge in [-0.25, -0.2) is 0 Å². The molecule has 0 heterocycles. The molecular formula is C11H18F3NO2. The summed E-state index contributed by atoms with van der Waals surface area (Å²) in [6.07, 6.45) is -3.15. The van der Waals surface area contributed by atoms with Crippen LogP contribution < -0.4 is 5.32 Å². The average molecular weight is 253 g/mol. The highest BCUT2D eigenvalue weighted by atomic mass is 19.4. The number of halogens is 3. The molecule has 1 rings (SSSR count). The van der Waals surface area contributed by atoms with Crippen molar-refractivity contribution in [3.63, 3.8) is 0 Å². The van der Waals surface area contributed by atoms with E-state index < -0.39 is 17.6 Å². The molecule has 0 spiro atoms. The van der Waals surface area contributed by atoms with E-state index in [1.54, 1.807) is 7.05 Å². The van der Waals surface area contributed by atoms with Crippen molar-refractivity contribution in [3.8, 4) is 0 Å². The maximum atomic E-state index is 12.5. The summed E-state index contributed by atoms with van der Waals surface area (Å²) in [5.74, 6) is -1.62. The highest BCUT2D eigenvalue weighted by Crippen LogP contribution is 2.42. The Morgan fingerprint density at radius 3 is 2.29 bits per heavy atom. The van der Waals surface area contributed by atoms with E-state index in [1.807, 2.05) is 0 Å². The van der Waals surface area contributed by atoms with Crippen molar-refractivity contribution in [2.75, 3.05) is 14.2 Å². The Balaban J connectivity index is 2.60. The van der Waals surface area contributed by atoms with Crippen molar-refractivity contribution in [1.82, 2.24) is 5.32 Å². The third kappa shape index (κ3) is 3.59. The van der Waals surface area contributed by atoms with Crippen LogP contribution in [0.25, 0.3) is 0 Å². The zero-order valence-corrected chi connectivity index (χ0v) is 10.1. The summed E-state index contributed by atoms with van der Waals surface area (Å²) in [6, 6.07) is 0. The number of ether oxygens (including phenoxy) is 1. The Bertz CT molecular complexity index is 270. The molecule has 0 atom stereocenters. The molecule has 1 N–H and O–H groups in total. The van der Waals surface area contributed by atoms with Gasteiger partial charge < -0.3 is 10.1 Å². The molecule has 1 aliphatic rings. The summed E-state index contributed by atoms with van der Waals surface area (Å²) < 4.78 is 42.1. The van der Waals surface area contributed by atoms with Gasteiger partial charge in [0.25, 0.3) is 0 Å². The normalized spacial score (nSPS) is 30.1. The fourth-order valence-corrected chi connectivity index (χ4v) is 2.36. The number of hydrogen-bond donors (Lipinski definition) is 1. The lowest BCUT2D eigenvalue weighted by Gasteiger charge is -2.39. The Morgan fingerprint density at radius 1 is 1.41 bits per heavy atom. The number of methoxy groups -OCH3 is 1. The molecule has 0 aliphatic heterocycles. The van der Waals surface area contributed by atoms with E-state index >= 15 is 0 Å². The Hall–Kier alpha value is -0.780. The largest absolute Gasteiger partial charge is 0.469 e. The number of nitrogens with one attached hydrogen (secondary N) is 1. The van der Waals surface area contributed by atoms with E-state index in [0.29, 0.717) is 12.8 Å². The summed E-state index contributed by atoms with van der Waals surface area (Å²) in [6.45, 7) is 0. The van der Waals surface area contributed by atoms with Gasteiger partial charge in [0.2, 0.25) is 0 Å². The second-order valence-corrected chi connectivity index (χ2v) is 4.60. The van der Waals surface area contributed by atoms with Crippen LogP contribution in [0.4, 0.5) is 13.2 Å². The summed E-state index contributed by atoms with van der Waals surface area (Å²) in [5, 5.41) is 2.99. The molecule has 0 unspecified atom stereocenters. The van der Waals surface area contributed by atoms with Crippen LogP contribution in [0.2, 0.25) is 0 Å². The minimum absolute atomic E-state index is 0.0708. The van der Waals surface area contributed by atoms with E-state index in [9.17, 15) is 18.0 Å². The minimum Gasteiger partial charge on any atom is -0.469 e. The van der Waals surface area contributed by atoms with Crippen molar-refractivity contribution in [1.29, 1.82) is 0 Å². The van der Waals surface area contributed by atoms with Crippen molar-refractivity contribution >= 4 is 5.97 Å². The number of esters is 1. The molecule has 3 nitrogen and oxygen atoms in total. The van der Waals surface area contributed by atoms with Gasteiger partial charge in [0.05, 0.1) is 19.4 Å². The maximum absolute atomic E-state index is 12.5. The molecule has 17 heavy (non-hydrogen) atoms. The first-order chi connectivity index (χ1) is 7.83. The number of rotatable bonds is 3. The molecule has 0 amide bonds. The second-order valence-electron chi connectivity index (χ2n) is 4.60. The SMILES string of the molecule is CNC1(CC(=O)OC)CCC(C(F)(F)F)CC1. The first kappa shape index (κ1) is 14.3. The van der Waals surface area contributed by atoms with Gasteiger partial charge in [-0.2, -0.15) is 13.2 Å². The van der Waals surface area contributed by atoms with E-state index in [0.717, 1.165) is 0 Å². The minimum atomic E-state index is -4.12. The quantitative estimate of drug-likeness (QED) is 0.784. The predicted octanol–water partition coefficient (Wildman–Crippen LogP) is 2.26. The predicted molar refractivity (Wildman–Crippen MR) is 56.4 cm³/mol. The molecule has 100 valence electrons. The number of alkyl halides is 3. The Kier molecular flexibility index (Phi) is 4.41. The molecule has 0 aromatic rings. The zero-order chi connectivity index (χ0) is 13.1. The van der Waals surface area contributed by atoms with Crippen LogP contribution in [0.1, 0.15) is 32.1 Å². The lowest BCUT2D eigenvalue weighted by atomic mass is 9.74. The monoisotopic (exact) mass is 253 g/mol. The summed E-state index contributed by atoms with van der Waals surface area (Å²) in [5.41, 5.74) is -0.533. The molecule has 1 fully saturated rings. The summed E-state index contributed by atoms with van der Waals surface area (Å²) in [7, 11) is 2.96. The lowest BCUT2D eigenvalue weighted by molar-refractivity contribution is -0.185. The molecule has 6 heteroatoms. The van der Waals surface area contributed by atoms with Gasteiger partial charge >= 0.3 is 12.1 Å². The molecule has 1 saturated carbocycles. The van der Waals surface area contributed by atoms with Gasteiger partial charge in [-0.3, -0.25) is 4.79 Å².